The lowest BCUT2D eigenvalue weighted by molar-refractivity contribution is 0.604. The summed E-state index contributed by atoms with van der Waals surface area (Å²) in [7, 11) is 0. The molecule has 1 aliphatic carbocycles. The molecule has 1 aliphatic heterocycles. The van der Waals surface area contributed by atoms with Crippen molar-refractivity contribution >= 4 is 5.82 Å². The minimum absolute atomic E-state index is 0.622. The van der Waals surface area contributed by atoms with E-state index in [1.165, 1.54) is 49.9 Å². The summed E-state index contributed by atoms with van der Waals surface area (Å²) in [5.74, 6) is 1.21. The summed E-state index contributed by atoms with van der Waals surface area (Å²) in [6.45, 7) is 4.48. The molecule has 1 atom stereocenters. The van der Waals surface area contributed by atoms with Gasteiger partial charge in [-0.05, 0) is 38.7 Å². The van der Waals surface area contributed by atoms with Gasteiger partial charge in [-0.3, -0.25) is 0 Å². The predicted octanol–water partition coefficient (Wildman–Crippen LogP) is 3.10. The Hall–Kier alpha value is -1.09. The number of nitrogens with one attached hydrogen (secondary N) is 1. The second-order valence-corrected chi connectivity index (χ2v) is 6.03. The van der Waals surface area contributed by atoms with Crippen LogP contribution >= 0.6 is 0 Å². The first-order chi connectivity index (χ1) is 9.34. The van der Waals surface area contributed by atoms with Gasteiger partial charge >= 0.3 is 0 Å². The first-order valence-corrected chi connectivity index (χ1v) is 7.78. The lowest BCUT2D eigenvalue weighted by Gasteiger charge is -2.30. The van der Waals surface area contributed by atoms with Crippen LogP contribution in [0.1, 0.15) is 51.0 Å². The molecule has 1 N–H and O–H groups in total. The van der Waals surface area contributed by atoms with Crippen LogP contribution in [-0.4, -0.2) is 23.6 Å². The van der Waals surface area contributed by atoms with Crippen LogP contribution in [-0.2, 0) is 6.54 Å². The molecule has 2 aliphatic rings. The smallest absolute Gasteiger partial charge is 0.133 e. The van der Waals surface area contributed by atoms with E-state index in [1.807, 2.05) is 6.20 Å². The Balaban J connectivity index is 1.76. The second-order valence-electron chi connectivity index (χ2n) is 6.03. The first-order valence-electron chi connectivity index (χ1n) is 7.78. The van der Waals surface area contributed by atoms with Crippen molar-refractivity contribution in [3.63, 3.8) is 0 Å². The Bertz CT molecular complexity index is 414. The Morgan fingerprint density at radius 3 is 3.00 bits per heavy atom. The SMILES string of the molecule is CC1CCCCCN1c1ncccc1CNC1CC1. The van der Waals surface area contributed by atoms with Crippen molar-refractivity contribution in [2.24, 2.45) is 0 Å². The molecule has 0 radical (unpaired) electrons. The fourth-order valence-electron chi connectivity index (χ4n) is 2.96. The number of pyridine rings is 1. The van der Waals surface area contributed by atoms with E-state index in [0.717, 1.165) is 19.1 Å². The summed E-state index contributed by atoms with van der Waals surface area (Å²) in [4.78, 5) is 7.20. The predicted molar refractivity (Wildman–Crippen MR) is 79.4 cm³/mol. The molecule has 3 nitrogen and oxygen atoms in total. The van der Waals surface area contributed by atoms with Crippen molar-refractivity contribution in [3.8, 4) is 0 Å². The van der Waals surface area contributed by atoms with Gasteiger partial charge < -0.3 is 10.2 Å². The van der Waals surface area contributed by atoms with Gasteiger partial charge in [0.2, 0.25) is 0 Å². The molecule has 1 saturated heterocycles. The molecular weight excluding hydrogens is 234 g/mol. The molecule has 1 aromatic heterocycles. The molecule has 1 unspecified atom stereocenters. The van der Waals surface area contributed by atoms with Gasteiger partial charge in [-0.2, -0.15) is 0 Å². The highest BCUT2D eigenvalue weighted by Gasteiger charge is 2.23. The number of aromatic nitrogens is 1. The third kappa shape index (κ3) is 3.27. The zero-order valence-electron chi connectivity index (χ0n) is 11.9. The average Bonchev–Trinajstić information content (AvgIpc) is 3.25. The maximum Gasteiger partial charge on any atom is 0.133 e. The lowest BCUT2D eigenvalue weighted by Crippen LogP contribution is -2.34. The number of anilines is 1. The summed E-state index contributed by atoms with van der Waals surface area (Å²) in [5.41, 5.74) is 1.36. The summed E-state index contributed by atoms with van der Waals surface area (Å²) in [5, 5.41) is 3.62. The Morgan fingerprint density at radius 1 is 1.26 bits per heavy atom. The van der Waals surface area contributed by atoms with Gasteiger partial charge in [-0.15, -0.1) is 0 Å². The van der Waals surface area contributed by atoms with Crippen molar-refractivity contribution < 1.29 is 0 Å². The Kier molecular flexibility index (Phi) is 4.02. The monoisotopic (exact) mass is 259 g/mol. The second kappa shape index (κ2) is 5.91. The van der Waals surface area contributed by atoms with Gasteiger partial charge in [0, 0.05) is 36.9 Å². The zero-order valence-corrected chi connectivity index (χ0v) is 11.9. The van der Waals surface area contributed by atoms with Crippen molar-refractivity contribution in [1.82, 2.24) is 10.3 Å². The van der Waals surface area contributed by atoms with Crippen molar-refractivity contribution in [2.75, 3.05) is 11.4 Å². The summed E-state index contributed by atoms with van der Waals surface area (Å²) in [6, 6.07) is 5.68. The number of hydrogen-bond donors (Lipinski definition) is 1. The van der Waals surface area contributed by atoms with Crippen LogP contribution in [0.2, 0.25) is 0 Å². The summed E-state index contributed by atoms with van der Waals surface area (Å²) in [6.07, 6.45) is 9.95. The van der Waals surface area contributed by atoms with E-state index in [0.29, 0.717) is 6.04 Å². The van der Waals surface area contributed by atoms with Crippen LogP contribution in [0, 0.1) is 0 Å². The quantitative estimate of drug-likeness (QED) is 0.900. The largest absolute Gasteiger partial charge is 0.354 e. The standard InChI is InChI=1S/C16H25N3/c1-13-6-3-2-4-11-19(13)16-14(7-5-10-17-16)12-18-15-8-9-15/h5,7,10,13,15,18H,2-4,6,8-9,11-12H2,1H3. The minimum Gasteiger partial charge on any atom is -0.354 e. The molecule has 2 heterocycles. The van der Waals surface area contributed by atoms with Crippen LogP contribution in [0.4, 0.5) is 5.82 Å². The summed E-state index contributed by atoms with van der Waals surface area (Å²) < 4.78 is 0. The first kappa shape index (κ1) is 12.9. The van der Waals surface area contributed by atoms with Gasteiger partial charge in [0.05, 0.1) is 0 Å². The minimum atomic E-state index is 0.622. The van der Waals surface area contributed by atoms with Crippen molar-refractivity contribution in [1.29, 1.82) is 0 Å². The topological polar surface area (TPSA) is 28.2 Å². The molecular formula is C16H25N3. The third-order valence-corrected chi connectivity index (χ3v) is 4.35. The molecule has 0 aromatic carbocycles. The number of nitrogens with zero attached hydrogens (tertiary/aromatic N) is 2. The zero-order chi connectivity index (χ0) is 13.1. The highest BCUT2D eigenvalue weighted by molar-refractivity contribution is 5.47. The van der Waals surface area contributed by atoms with E-state index >= 15 is 0 Å². The van der Waals surface area contributed by atoms with Crippen LogP contribution in [0.5, 0.6) is 0 Å². The summed E-state index contributed by atoms with van der Waals surface area (Å²) >= 11 is 0. The molecule has 1 aromatic rings. The third-order valence-electron chi connectivity index (χ3n) is 4.35. The fourth-order valence-corrected chi connectivity index (χ4v) is 2.96. The molecule has 1 saturated carbocycles. The molecule has 0 amide bonds. The molecule has 2 fully saturated rings. The normalized spacial score (nSPS) is 24.3. The maximum absolute atomic E-state index is 4.68. The molecule has 19 heavy (non-hydrogen) atoms. The van der Waals surface area contributed by atoms with Crippen molar-refractivity contribution in [2.45, 2.75) is 64.1 Å². The van der Waals surface area contributed by atoms with Gasteiger partial charge in [-0.1, -0.05) is 18.9 Å². The van der Waals surface area contributed by atoms with Gasteiger partial charge in [0.25, 0.3) is 0 Å². The number of rotatable bonds is 4. The van der Waals surface area contributed by atoms with E-state index in [4.69, 9.17) is 0 Å². The van der Waals surface area contributed by atoms with E-state index in [-0.39, 0.29) is 0 Å². The Morgan fingerprint density at radius 2 is 2.16 bits per heavy atom. The van der Waals surface area contributed by atoms with Crippen molar-refractivity contribution in [3.05, 3.63) is 23.9 Å². The van der Waals surface area contributed by atoms with Crippen LogP contribution in [0.15, 0.2) is 18.3 Å². The van der Waals surface area contributed by atoms with E-state index in [9.17, 15) is 0 Å². The highest BCUT2D eigenvalue weighted by Crippen LogP contribution is 2.26. The molecule has 3 rings (SSSR count). The van der Waals surface area contributed by atoms with Gasteiger partial charge in [0.15, 0.2) is 0 Å². The fraction of sp³-hybridized carbons (Fsp3) is 0.688. The van der Waals surface area contributed by atoms with E-state index in [2.05, 4.69) is 34.3 Å². The number of hydrogen-bond acceptors (Lipinski definition) is 3. The highest BCUT2D eigenvalue weighted by atomic mass is 15.2. The maximum atomic E-state index is 4.68. The molecule has 104 valence electrons. The van der Waals surface area contributed by atoms with Crippen LogP contribution in [0.3, 0.4) is 0 Å². The van der Waals surface area contributed by atoms with Crippen LogP contribution in [0.25, 0.3) is 0 Å². The van der Waals surface area contributed by atoms with Gasteiger partial charge in [-0.25, -0.2) is 4.98 Å². The Labute approximate surface area is 116 Å². The lowest BCUT2D eigenvalue weighted by atomic mass is 10.1. The van der Waals surface area contributed by atoms with Crippen LogP contribution < -0.4 is 10.2 Å². The van der Waals surface area contributed by atoms with E-state index < -0.39 is 0 Å². The van der Waals surface area contributed by atoms with E-state index in [1.54, 1.807) is 0 Å². The molecule has 0 bridgehead atoms. The molecule has 3 heteroatoms. The average molecular weight is 259 g/mol. The molecule has 0 spiro atoms. The van der Waals surface area contributed by atoms with Gasteiger partial charge in [0.1, 0.15) is 5.82 Å².